The summed E-state index contributed by atoms with van der Waals surface area (Å²) >= 11 is 9.80. The van der Waals surface area contributed by atoms with Crippen LogP contribution in [0.2, 0.25) is 5.02 Å². The zero-order chi connectivity index (χ0) is 24.0. The summed E-state index contributed by atoms with van der Waals surface area (Å²) in [6.45, 7) is 2.38. The lowest BCUT2D eigenvalue weighted by Gasteiger charge is -2.26. The Labute approximate surface area is 208 Å². The number of hydrogen-bond acceptors (Lipinski definition) is 5. The molecular formula is C26H19BrClNO5. The number of hydrogen-bond donors (Lipinski definition) is 0. The summed E-state index contributed by atoms with van der Waals surface area (Å²) in [4.78, 5) is 28.9. The Kier molecular flexibility index (Phi) is 5.83. The Morgan fingerprint density at radius 1 is 1.09 bits per heavy atom. The van der Waals surface area contributed by atoms with Gasteiger partial charge in [-0.05, 0) is 61.0 Å². The van der Waals surface area contributed by atoms with Gasteiger partial charge in [0.25, 0.3) is 5.91 Å². The van der Waals surface area contributed by atoms with Gasteiger partial charge in [0.2, 0.25) is 5.76 Å². The lowest BCUT2D eigenvalue weighted by atomic mass is 9.98. The molecule has 34 heavy (non-hydrogen) atoms. The van der Waals surface area contributed by atoms with Crippen molar-refractivity contribution in [3.8, 4) is 11.5 Å². The predicted octanol–water partition coefficient (Wildman–Crippen LogP) is 6.37. The molecule has 6 nitrogen and oxygen atoms in total. The van der Waals surface area contributed by atoms with E-state index in [-0.39, 0.29) is 16.8 Å². The number of anilines is 1. The van der Waals surface area contributed by atoms with Crippen molar-refractivity contribution in [1.29, 1.82) is 0 Å². The molecule has 5 rings (SSSR count). The summed E-state index contributed by atoms with van der Waals surface area (Å²) in [5.41, 5.74) is 1.58. The Bertz CT molecular complexity index is 1500. The summed E-state index contributed by atoms with van der Waals surface area (Å²) in [7, 11) is 1.52. The molecule has 1 unspecified atom stereocenters. The van der Waals surface area contributed by atoms with Crippen LogP contribution in [0, 0.1) is 0 Å². The number of ether oxygens (including phenoxy) is 2. The van der Waals surface area contributed by atoms with E-state index in [0.717, 1.165) is 4.47 Å². The standard InChI is InChI=1S/C26H19BrClNO5/c1-3-33-17-6-4-5-14(11-17)23-22-24(30)18-12-15(27)7-9-20(18)34-25(22)26(31)29(23)16-8-10-21(32-2)19(28)13-16/h4-13,23H,3H2,1-2H3. The SMILES string of the molecule is CCOc1cccc(C2c3c(oc4ccc(Br)cc4c3=O)C(=O)N2c2ccc(OC)c(Cl)c2)c1. The summed E-state index contributed by atoms with van der Waals surface area (Å²) in [6, 6.07) is 16.8. The summed E-state index contributed by atoms with van der Waals surface area (Å²) in [5.74, 6) is 0.708. The third-order valence-electron chi connectivity index (χ3n) is 5.73. The van der Waals surface area contributed by atoms with Gasteiger partial charge in [0, 0.05) is 10.2 Å². The maximum absolute atomic E-state index is 13.7. The quantitative estimate of drug-likeness (QED) is 0.294. The van der Waals surface area contributed by atoms with Crippen molar-refractivity contribution in [3.05, 3.63) is 97.3 Å². The maximum atomic E-state index is 13.7. The van der Waals surface area contributed by atoms with Crippen molar-refractivity contribution in [1.82, 2.24) is 0 Å². The van der Waals surface area contributed by atoms with Gasteiger partial charge >= 0.3 is 0 Å². The zero-order valence-corrected chi connectivity index (χ0v) is 20.6. The zero-order valence-electron chi connectivity index (χ0n) is 18.3. The van der Waals surface area contributed by atoms with Gasteiger partial charge < -0.3 is 13.9 Å². The van der Waals surface area contributed by atoms with Crippen molar-refractivity contribution >= 4 is 50.1 Å². The topological polar surface area (TPSA) is 69.0 Å². The van der Waals surface area contributed by atoms with Crippen molar-refractivity contribution < 1.29 is 18.7 Å². The fourth-order valence-corrected chi connectivity index (χ4v) is 4.89. The predicted molar refractivity (Wildman–Crippen MR) is 134 cm³/mol. The van der Waals surface area contributed by atoms with Crippen molar-refractivity contribution in [3.63, 3.8) is 0 Å². The molecule has 2 heterocycles. The Morgan fingerprint density at radius 3 is 2.65 bits per heavy atom. The molecule has 0 fully saturated rings. The number of fused-ring (bicyclic) bond motifs is 2. The monoisotopic (exact) mass is 539 g/mol. The van der Waals surface area contributed by atoms with Crippen molar-refractivity contribution in [2.45, 2.75) is 13.0 Å². The molecule has 3 aromatic carbocycles. The molecule has 1 aromatic heterocycles. The minimum absolute atomic E-state index is 0.0126. The molecule has 4 aromatic rings. The highest BCUT2D eigenvalue weighted by atomic mass is 79.9. The molecular weight excluding hydrogens is 522 g/mol. The highest BCUT2D eigenvalue weighted by Crippen LogP contribution is 2.43. The smallest absolute Gasteiger partial charge is 0.295 e. The van der Waals surface area contributed by atoms with E-state index >= 15 is 0 Å². The molecule has 1 atom stereocenters. The average molecular weight is 541 g/mol. The minimum Gasteiger partial charge on any atom is -0.495 e. The second-order valence-electron chi connectivity index (χ2n) is 7.72. The lowest BCUT2D eigenvalue weighted by molar-refractivity contribution is 0.0971. The Morgan fingerprint density at radius 2 is 1.91 bits per heavy atom. The Hall–Kier alpha value is -3.29. The summed E-state index contributed by atoms with van der Waals surface area (Å²) < 4.78 is 17.7. The second-order valence-corrected chi connectivity index (χ2v) is 9.04. The molecule has 8 heteroatoms. The van der Waals surface area contributed by atoms with Crippen LogP contribution in [-0.2, 0) is 0 Å². The van der Waals surface area contributed by atoms with Crippen LogP contribution >= 0.6 is 27.5 Å². The first-order chi connectivity index (χ1) is 16.4. The summed E-state index contributed by atoms with van der Waals surface area (Å²) in [5, 5.41) is 0.737. The third kappa shape index (κ3) is 3.65. The lowest BCUT2D eigenvalue weighted by Crippen LogP contribution is -2.29. The van der Waals surface area contributed by atoms with Crippen LogP contribution in [0.4, 0.5) is 5.69 Å². The van der Waals surface area contributed by atoms with Crippen LogP contribution in [0.15, 0.2) is 74.3 Å². The van der Waals surface area contributed by atoms with Crippen LogP contribution in [0.5, 0.6) is 11.5 Å². The number of amides is 1. The number of nitrogens with zero attached hydrogens (tertiary/aromatic N) is 1. The molecule has 1 aliphatic rings. The number of carbonyl (C=O) groups is 1. The number of benzene rings is 3. The number of carbonyl (C=O) groups excluding carboxylic acids is 1. The van der Waals surface area contributed by atoms with E-state index in [1.165, 1.54) is 12.0 Å². The number of rotatable bonds is 5. The van der Waals surface area contributed by atoms with E-state index in [2.05, 4.69) is 15.9 Å². The van der Waals surface area contributed by atoms with Gasteiger partial charge in [-0.25, -0.2) is 0 Å². The molecule has 0 aliphatic carbocycles. The van der Waals surface area contributed by atoms with Gasteiger partial charge in [0.1, 0.15) is 17.1 Å². The average Bonchev–Trinajstić information content (AvgIpc) is 3.12. The van der Waals surface area contributed by atoms with Gasteiger partial charge in [0.05, 0.1) is 35.7 Å². The van der Waals surface area contributed by atoms with E-state index in [9.17, 15) is 9.59 Å². The Balaban J connectivity index is 1.78. The minimum atomic E-state index is -0.730. The highest BCUT2D eigenvalue weighted by Gasteiger charge is 2.44. The largest absolute Gasteiger partial charge is 0.495 e. The summed E-state index contributed by atoms with van der Waals surface area (Å²) in [6.07, 6.45) is 0. The maximum Gasteiger partial charge on any atom is 0.295 e. The van der Waals surface area contributed by atoms with Crippen LogP contribution in [-0.4, -0.2) is 19.6 Å². The molecule has 1 amide bonds. The van der Waals surface area contributed by atoms with Gasteiger partial charge in [0.15, 0.2) is 5.43 Å². The van der Waals surface area contributed by atoms with Gasteiger partial charge in [-0.1, -0.05) is 39.7 Å². The molecule has 0 spiro atoms. The molecule has 0 bridgehead atoms. The molecule has 0 radical (unpaired) electrons. The van der Waals surface area contributed by atoms with E-state index in [4.69, 9.17) is 25.5 Å². The van der Waals surface area contributed by atoms with E-state index in [1.54, 1.807) is 36.4 Å². The fraction of sp³-hybridized carbons (Fsp3) is 0.154. The first kappa shape index (κ1) is 22.5. The van der Waals surface area contributed by atoms with Crippen molar-refractivity contribution in [2.75, 3.05) is 18.6 Å². The molecule has 172 valence electrons. The third-order valence-corrected chi connectivity index (χ3v) is 6.52. The number of methoxy groups -OCH3 is 1. The van der Waals surface area contributed by atoms with E-state index in [1.807, 2.05) is 31.2 Å². The van der Waals surface area contributed by atoms with Crippen LogP contribution in [0.3, 0.4) is 0 Å². The first-order valence-corrected chi connectivity index (χ1v) is 11.8. The van der Waals surface area contributed by atoms with Gasteiger partial charge in [-0.2, -0.15) is 0 Å². The molecule has 0 saturated carbocycles. The van der Waals surface area contributed by atoms with E-state index < -0.39 is 11.9 Å². The van der Waals surface area contributed by atoms with Gasteiger partial charge in [-0.15, -0.1) is 0 Å². The van der Waals surface area contributed by atoms with Crippen LogP contribution < -0.4 is 19.8 Å². The molecule has 0 saturated heterocycles. The van der Waals surface area contributed by atoms with Crippen LogP contribution in [0.25, 0.3) is 11.0 Å². The van der Waals surface area contributed by atoms with E-state index in [0.29, 0.717) is 45.3 Å². The molecule has 1 aliphatic heterocycles. The normalized spacial score (nSPS) is 15.0. The second kappa shape index (κ2) is 8.81. The van der Waals surface area contributed by atoms with Crippen LogP contribution in [0.1, 0.15) is 34.6 Å². The fourth-order valence-electron chi connectivity index (χ4n) is 4.27. The molecule has 0 N–H and O–H groups in total. The number of halogens is 2. The van der Waals surface area contributed by atoms with Crippen molar-refractivity contribution in [2.24, 2.45) is 0 Å². The first-order valence-electron chi connectivity index (χ1n) is 10.6. The highest BCUT2D eigenvalue weighted by molar-refractivity contribution is 9.10. The van der Waals surface area contributed by atoms with Gasteiger partial charge in [-0.3, -0.25) is 14.5 Å².